The topological polar surface area (TPSA) is 24.1 Å². The highest BCUT2D eigenvalue weighted by molar-refractivity contribution is 4.98. The molecular weight excluding hydrogens is 196 g/mol. The van der Waals surface area contributed by atoms with Crippen LogP contribution in [-0.4, -0.2) is 24.7 Å². The molecule has 1 heterocycles. The van der Waals surface area contributed by atoms with E-state index in [9.17, 15) is 0 Å². The maximum absolute atomic E-state index is 3.89. The number of rotatable bonds is 5. The minimum Gasteiger partial charge on any atom is -0.312 e. The summed E-state index contributed by atoms with van der Waals surface area (Å²) in [6, 6.07) is 0.862. The zero-order chi connectivity index (χ0) is 11.0. The van der Waals surface area contributed by atoms with E-state index in [1.165, 1.54) is 58.0 Å². The molecule has 2 nitrogen and oxygen atoms in total. The first-order chi connectivity index (χ1) is 7.77. The highest BCUT2D eigenvalue weighted by Crippen LogP contribution is 2.44. The fourth-order valence-corrected chi connectivity index (χ4v) is 3.24. The largest absolute Gasteiger partial charge is 0.312 e. The van der Waals surface area contributed by atoms with Crippen molar-refractivity contribution in [3.63, 3.8) is 0 Å². The number of hydrogen-bond donors (Lipinski definition) is 2. The van der Waals surface area contributed by atoms with Crippen molar-refractivity contribution in [1.82, 2.24) is 10.6 Å². The molecule has 2 heteroatoms. The van der Waals surface area contributed by atoms with Gasteiger partial charge >= 0.3 is 0 Å². The molecule has 0 aromatic rings. The lowest BCUT2D eigenvalue weighted by Gasteiger charge is -2.36. The molecule has 16 heavy (non-hydrogen) atoms. The van der Waals surface area contributed by atoms with Gasteiger partial charge in [-0.15, -0.1) is 0 Å². The minimum absolute atomic E-state index is 0.375. The Labute approximate surface area is 99.6 Å². The van der Waals surface area contributed by atoms with Crippen LogP contribution in [0.25, 0.3) is 0 Å². The van der Waals surface area contributed by atoms with E-state index in [0.717, 1.165) is 17.9 Å². The first-order valence-corrected chi connectivity index (χ1v) is 7.25. The molecule has 1 saturated heterocycles. The highest BCUT2D eigenvalue weighted by Gasteiger charge is 2.42. The average Bonchev–Trinajstić information content (AvgIpc) is 3.14. The third-order valence-corrected chi connectivity index (χ3v) is 4.69. The van der Waals surface area contributed by atoms with Crippen molar-refractivity contribution < 1.29 is 0 Å². The maximum Gasteiger partial charge on any atom is 0.0278 e. The smallest absolute Gasteiger partial charge is 0.0278 e. The number of nitrogens with one attached hydrogen (secondary N) is 2. The predicted octanol–water partition coefficient (Wildman–Crippen LogP) is 2.30. The minimum atomic E-state index is 0.375. The fraction of sp³-hybridized carbons (Fsp3) is 1.00. The van der Waals surface area contributed by atoms with Crippen LogP contribution in [0, 0.1) is 11.8 Å². The molecule has 92 valence electrons. The van der Waals surface area contributed by atoms with E-state index >= 15 is 0 Å². The summed E-state index contributed by atoms with van der Waals surface area (Å²) in [6.07, 6.45) is 10.1. The number of hydrogen-bond acceptors (Lipinski definition) is 2. The Morgan fingerprint density at radius 3 is 2.38 bits per heavy atom. The Hall–Kier alpha value is -0.0800. The summed E-state index contributed by atoms with van der Waals surface area (Å²) in [5.41, 5.74) is 0.375. The van der Waals surface area contributed by atoms with Crippen molar-refractivity contribution in [1.29, 1.82) is 0 Å². The van der Waals surface area contributed by atoms with Gasteiger partial charge in [0.2, 0.25) is 0 Å². The molecule has 0 aromatic heterocycles. The second-order valence-corrected chi connectivity index (χ2v) is 6.53. The number of piperidine rings is 1. The monoisotopic (exact) mass is 222 g/mol. The van der Waals surface area contributed by atoms with Crippen LogP contribution >= 0.6 is 0 Å². The Bertz CT molecular complexity index is 225. The fourth-order valence-electron chi connectivity index (χ4n) is 3.24. The van der Waals surface area contributed by atoms with Gasteiger partial charge in [0.05, 0.1) is 0 Å². The van der Waals surface area contributed by atoms with Gasteiger partial charge in [0.1, 0.15) is 0 Å². The molecule has 0 amide bonds. The van der Waals surface area contributed by atoms with Crippen LogP contribution in [0.2, 0.25) is 0 Å². The van der Waals surface area contributed by atoms with E-state index in [0.29, 0.717) is 5.54 Å². The van der Waals surface area contributed by atoms with Crippen molar-refractivity contribution in [3.05, 3.63) is 0 Å². The summed E-state index contributed by atoms with van der Waals surface area (Å²) in [5, 5.41) is 7.60. The van der Waals surface area contributed by atoms with Crippen LogP contribution in [0.4, 0.5) is 0 Å². The van der Waals surface area contributed by atoms with E-state index in [4.69, 9.17) is 0 Å². The molecule has 2 N–H and O–H groups in total. The molecule has 3 rings (SSSR count). The van der Waals surface area contributed by atoms with Gasteiger partial charge in [0.25, 0.3) is 0 Å². The van der Waals surface area contributed by atoms with Crippen molar-refractivity contribution in [2.75, 3.05) is 13.1 Å². The Morgan fingerprint density at radius 2 is 1.88 bits per heavy atom. The van der Waals surface area contributed by atoms with E-state index in [2.05, 4.69) is 17.6 Å². The zero-order valence-electron chi connectivity index (χ0n) is 10.6. The second-order valence-electron chi connectivity index (χ2n) is 6.53. The molecular formula is C14H26N2. The molecule has 2 saturated carbocycles. The van der Waals surface area contributed by atoms with Gasteiger partial charge in [0.15, 0.2) is 0 Å². The van der Waals surface area contributed by atoms with Gasteiger partial charge < -0.3 is 10.6 Å². The quantitative estimate of drug-likeness (QED) is 0.746. The third-order valence-electron chi connectivity index (χ3n) is 4.69. The molecule has 2 aliphatic carbocycles. The van der Waals surface area contributed by atoms with Crippen molar-refractivity contribution in [2.24, 2.45) is 11.8 Å². The van der Waals surface area contributed by atoms with Crippen molar-refractivity contribution >= 4 is 0 Å². The highest BCUT2D eigenvalue weighted by atomic mass is 15.1. The average molecular weight is 222 g/mol. The summed E-state index contributed by atoms with van der Waals surface area (Å²) >= 11 is 0. The van der Waals surface area contributed by atoms with E-state index in [1.807, 2.05) is 0 Å². The summed E-state index contributed by atoms with van der Waals surface area (Å²) in [4.78, 5) is 0. The van der Waals surface area contributed by atoms with Crippen LogP contribution < -0.4 is 10.6 Å². The molecule has 3 aliphatic rings. The van der Waals surface area contributed by atoms with Crippen LogP contribution in [0.5, 0.6) is 0 Å². The summed E-state index contributed by atoms with van der Waals surface area (Å²) in [5.74, 6) is 2.05. The predicted molar refractivity (Wildman–Crippen MR) is 67.5 cm³/mol. The van der Waals surface area contributed by atoms with Gasteiger partial charge in [0, 0.05) is 18.1 Å². The van der Waals surface area contributed by atoms with E-state index in [-0.39, 0.29) is 0 Å². The lowest BCUT2D eigenvalue weighted by atomic mass is 9.90. The van der Waals surface area contributed by atoms with Crippen LogP contribution in [0.3, 0.4) is 0 Å². The SMILES string of the molecule is CC1(CNC(C2CC2)C2CC2)CCCCN1. The maximum atomic E-state index is 3.89. The molecule has 1 unspecified atom stereocenters. The van der Waals surface area contributed by atoms with Crippen LogP contribution in [0.1, 0.15) is 51.9 Å². The van der Waals surface area contributed by atoms with Gasteiger partial charge in [-0.1, -0.05) is 6.42 Å². The first kappa shape index (κ1) is 11.0. The lowest BCUT2D eigenvalue weighted by molar-refractivity contribution is 0.247. The Morgan fingerprint density at radius 1 is 1.19 bits per heavy atom. The van der Waals surface area contributed by atoms with Gasteiger partial charge in [-0.05, 0) is 63.8 Å². The van der Waals surface area contributed by atoms with Gasteiger partial charge in [-0.25, -0.2) is 0 Å². The first-order valence-electron chi connectivity index (χ1n) is 7.25. The van der Waals surface area contributed by atoms with Crippen molar-refractivity contribution in [3.8, 4) is 0 Å². The van der Waals surface area contributed by atoms with Crippen LogP contribution in [-0.2, 0) is 0 Å². The second kappa shape index (κ2) is 4.30. The van der Waals surface area contributed by atoms with Gasteiger partial charge in [-0.3, -0.25) is 0 Å². The Balaban J connectivity index is 1.49. The van der Waals surface area contributed by atoms with Crippen molar-refractivity contribution in [2.45, 2.75) is 63.5 Å². The molecule has 0 bridgehead atoms. The molecule has 3 fully saturated rings. The molecule has 0 aromatic carbocycles. The van der Waals surface area contributed by atoms with E-state index < -0.39 is 0 Å². The molecule has 1 atom stereocenters. The normalized spacial score (nSPS) is 35.6. The zero-order valence-corrected chi connectivity index (χ0v) is 10.6. The molecule has 0 radical (unpaired) electrons. The van der Waals surface area contributed by atoms with E-state index in [1.54, 1.807) is 0 Å². The van der Waals surface area contributed by atoms with Crippen LogP contribution in [0.15, 0.2) is 0 Å². The Kier molecular flexibility index (Phi) is 2.97. The summed E-state index contributed by atoms with van der Waals surface area (Å²) < 4.78 is 0. The lowest BCUT2D eigenvalue weighted by Crippen LogP contribution is -2.54. The molecule has 1 aliphatic heterocycles. The summed E-state index contributed by atoms with van der Waals surface area (Å²) in [7, 11) is 0. The van der Waals surface area contributed by atoms with Gasteiger partial charge in [-0.2, -0.15) is 0 Å². The molecule has 0 spiro atoms. The summed E-state index contributed by atoms with van der Waals surface area (Å²) in [6.45, 7) is 4.80. The third kappa shape index (κ3) is 2.60. The standard InChI is InChI=1S/C14H26N2/c1-14(8-2-3-9-16-14)10-15-13(11-4-5-11)12-6-7-12/h11-13,15-16H,2-10H2,1H3.